The second kappa shape index (κ2) is 5.38. The van der Waals surface area contributed by atoms with Crippen molar-refractivity contribution >= 4 is 24.0 Å². The highest BCUT2D eigenvalue weighted by Gasteiger charge is 2.39. The van der Waals surface area contributed by atoms with Crippen molar-refractivity contribution in [2.45, 2.75) is 40.8 Å². The number of fused-ring (bicyclic) bond motifs is 1. The first-order valence-corrected chi connectivity index (χ1v) is 11.4. The van der Waals surface area contributed by atoms with E-state index in [4.69, 9.17) is 0 Å². The molecule has 120 valence electrons. The minimum absolute atomic E-state index is 0.481. The van der Waals surface area contributed by atoms with Gasteiger partial charge in [-0.2, -0.15) is 0 Å². The van der Waals surface area contributed by atoms with Gasteiger partial charge in [-0.15, -0.1) is 0 Å². The van der Waals surface area contributed by atoms with Crippen LogP contribution in [0.2, 0.25) is 13.1 Å². The summed E-state index contributed by atoms with van der Waals surface area (Å²) in [6, 6.07) is 12.4. The Labute approximate surface area is 140 Å². The third-order valence-electron chi connectivity index (χ3n) is 5.89. The maximum absolute atomic E-state index is 10.9. The van der Waals surface area contributed by atoms with Crippen LogP contribution < -0.4 is 5.19 Å². The highest BCUT2D eigenvalue weighted by molar-refractivity contribution is 6.96. The number of rotatable bonds is 2. The highest BCUT2D eigenvalue weighted by Crippen LogP contribution is 2.42. The topological polar surface area (TPSA) is 20.2 Å². The third-order valence-corrected chi connectivity index (χ3v) is 9.79. The van der Waals surface area contributed by atoms with Gasteiger partial charge < -0.3 is 5.11 Å². The molecule has 1 unspecified atom stereocenters. The molecule has 0 saturated heterocycles. The summed E-state index contributed by atoms with van der Waals surface area (Å²) in [4.78, 5) is 0. The Morgan fingerprint density at radius 1 is 0.913 bits per heavy atom. The molecule has 2 aromatic carbocycles. The summed E-state index contributed by atoms with van der Waals surface area (Å²) < 4.78 is 0. The SMILES string of the molecule is CC1=C(C)C(C)C([Si](C)(C)c2ccc3ccccc3c2O)=C1C. The van der Waals surface area contributed by atoms with E-state index in [-0.39, 0.29) is 0 Å². The van der Waals surface area contributed by atoms with E-state index in [0.29, 0.717) is 11.7 Å². The molecule has 3 rings (SSSR count). The van der Waals surface area contributed by atoms with E-state index in [1.807, 2.05) is 18.2 Å². The zero-order chi connectivity index (χ0) is 16.9. The first kappa shape index (κ1) is 16.1. The zero-order valence-electron chi connectivity index (χ0n) is 15.0. The van der Waals surface area contributed by atoms with Crippen molar-refractivity contribution in [3.63, 3.8) is 0 Å². The van der Waals surface area contributed by atoms with Crippen molar-refractivity contribution in [1.29, 1.82) is 0 Å². The van der Waals surface area contributed by atoms with Crippen LogP contribution in [0, 0.1) is 5.92 Å². The van der Waals surface area contributed by atoms with Gasteiger partial charge in [0.05, 0.1) is 0 Å². The lowest BCUT2D eigenvalue weighted by molar-refractivity contribution is 0.485. The Bertz CT molecular complexity index is 855. The molecule has 0 amide bonds. The van der Waals surface area contributed by atoms with Gasteiger partial charge in [-0.05, 0) is 42.8 Å². The van der Waals surface area contributed by atoms with Crippen molar-refractivity contribution in [3.8, 4) is 5.75 Å². The Balaban J connectivity index is 2.20. The van der Waals surface area contributed by atoms with Crippen molar-refractivity contribution < 1.29 is 5.11 Å². The van der Waals surface area contributed by atoms with E-state index in [0.717, 1.165) is 16.0 Å². The molecule has 2 aromatic rings. The molecule has 0 radical (unpaired) electrons. The maximum atomic E-state index is 10.9. The van der Waals surface area contributed by atoms with Gasteiger partial charge in [-0.3, -0.25) is 0 Å². The normalized spacial score (nSPS) is 19.1. The van der Waals surface area contributed by atoms with Crippen LogP contribution in [0.3, 0.4) is 0 Å². The Morgan fingerprint density at radius 3 is 2.17 bits per heavy atom. The van der Waals surface area contributed by atoms with E-state index in [2.05, 4.69) is 59.0 Å². The largest absolute Gasteiger partial charge is 0.507 e. The summed E-state index contributed by atoms with van der Waals surface area (Å²) in [5, 5.41) is 15.7. The van der Waals surface area contributed by atoms with Crippen LogP contribution in [-0.4, -0.2) is 13.2 Å². The summed E-state index contributed by atoms with van der Waals surface area (Å²) in [6.45, 7) is 13.8. The average molecular weight is 323 g/mol. The maximum Gasteiger partial charge on any atom is 0.123 e. The number of hydrogen-bond donors (Lipinski definition) is 1. The van der Waals surface area contributed by atoms with Gasteiger partial charge in [0.15, 0.2) is 0 Å². The molecule has 2 heteroatoms. The van der Waals surface area contributed by atoms with E-state index in [1.165, 1.54) is 16.7 Å². The number of allylic oxidation sites excluding steroid dienone is 4. The summed E-state index contributed by atoms with van der Waals surface area (Å²) in [5.41, 5.74) is 4.37. The molecule has 0 bridgehead atoms. The lowest BCUT2D eigenvalue weighted by Gasteiger charge is -2.31. The average Bonchev–Trinajstić information content (AvgIpc) is 2.71. The standard InChI is InChI=1S/C21H26OSi/c1-13-14(2)16(4)21(15(13)3)23(5,6)19-12-11-17-9-7-8-10-18(17)20(19)22/h7-12,15,22H,1-6H3. The summed E-state index contributed by atoms with van der Waals surface area (Å²) in [6.07, 6.45) is 0. The molecule has 0 aliphatic heterocycles. The summed E-state index contributed by atoms with van der Waals surface area (Å²) in [5.74, 6) is 0.969. The second-order valence-electron chi connectivity index (χ2n) is 7.38. The Hall–Kier alpha value is -1.80. The Kier molecular flexibility index (Phi) is 3.76. The van der Waals surface area contributed by atoms with E-state index in [9.17, 15) is 5.11 Å². The van der Waals surface area contributed by atoms with Crippen LogP contribution in [0.5, 0.6) is 5.75 Å². The van der Waals surface area contributed by atoms with Crippen molar-refractivity contribution in [2.24, 2.45) is 5.92 Å². The fourth-order valence-corrected chi connectivity index (χ4v) is 8.22. The predicted molar refractivity (Wildman–Crippen MR) is 103 cm³/mol. The van der Waals surface area contributed by atoms with Crippen LogP contribution in [0.1, 0.15) is 27.7 Å². The summed E-state index contributed by atoms with van der Waals surface area (Å²) >= 11 is 0. The number of hydrogen-bond acceptors (Lipinski definition) is 1. The predicted octanol–water partition coefficient (Wildman–Crippen LogP) is 5.30. The number of phenolic OH excluding ortho intramolecular Hbond substituents is 1. The molecule has 1 atom stereocenters. The van der Waals surface area contributed by atoms with Crippen LogP contribution in [0.25, 0.3) is 10.8 Å². The number of aromatic hydroxyl groups is 1. The van der Waals surface area contributed by atoms with Gasteiger partial charge in [0.1, 0.15) is 13.8 Å². The zero-order valence-corrected chi connectivity index (χ0v) is 16.0. The number of benzene rings is 2. The van der Waals surface area contributed by atoms with Crippen LogP contribution in [0.15, 0.2) is 58.3 Å². The quantitative estimate of drug-likeness (QED) is 0.744. The molecule has 0 saturated carbocycles. The van der Waals surface area contributed by atoms with Gasteiger partial charge in [-0.25, -0.2) is 0 Å². The molecule has 0 fully saturated rings. The van der Waals surface area contributed by atoms with Crippen LogP contribution in [-0.2, 0) is 0 Å². The molecule has 1 aliphatic carbocycles. The lowest BCUT2D eigenvalue weighted by Crippen LogP contribution is -2.46. The van der Waals surface area contributed by atoms with Gasteiger partial charge in [0.25, 0.3) is 0 Å². The van der Waals surface area contributed by atoms with E-state index >= 15 is 0 Å². The highest BCUT2D eigenvalue weighted by atomic mass is 28.3. The second-order valence-corrected chi connectivity index (χ2v) is 11.7. The minimum atomic E-state index is -1.93. The van der Waals surface area contributed by atoms with Crippen molar-refractivity contribution in [2.75, 3.05) is 0 Å². The van der Waals surface area contributed by atoms with Gasteiger partial charge >= 0.3 is 0 Å². The van der Waals surface area contributed by atoms with Gasteiger partial charge in [0, 0.05) is 5.39 Å². The summed E-state index contributed by atoms with van der Waals surface area (Å²) in [7, 11) is -1.93. The molecule has 1 aliphatic rings. The first-order valence-electron chi connectivity index (χ1n) is 8.37. The van der Waals surface area contributed by atoms with Gasteiger partial charge in [0.2, 0.25) is 0 Å². The molecule has 1 N–H and O–H groups in total. The third kappa shape index (κ3) is 2.28. The molecule has 0 spiro atoms. The fourth-order valence-electron chi connectivity index (χ4n) is 4.28. The van der Waals surface area contributed by atoms with E-state index in [1.54, 1.807) is 5.20 Å². The molecule has 23 heavy (non-hydrogen) atoms. The smallest absolute Gasteiger partial charge is 0.123 e. The minimum Gasteiger partial charge on any atom is -0.507 e. The Morgan fingerprint density at radius 2 is 1.57 bits per heavy atom. The van der Waals surface area contributed by atoms with Crippen LogP contribution >= 0.6 is 0 Å². The number of phenols is 1. The lowest BCUT2D eigenvalue weighted by atomic mass is 10.1. The van der Waals surface area contributed by atoms with Crippen molar-refractivity contribution in [3.05, 3.63) is 58.3 Å². The van der Waals surface area contributed by atoms with E-state index < -0.39 is 8.07 Å². The molecule has 1 nitrogen and oxygen atoms in total. The fraction of sp³-hybridized carbons (Fsp3) is 0.333. The first-order chi connectivity index (χ1) is 10.8. The molecule has 0 aromatic heterocycles. The van der Waals surface area contributed by atoms with Crippen molar-refractivity contribution in [1.82, 2.24) is 0 Å². The molecular formula is C21H26OSi. The van der Waals surface area contributed by atoms with Crippen LogP contribution in [0.4, 0.5) is 0 Å². The molecule has 0 heterocycles. The monoisotopic (exact) mass is 322 g/mol. The van der Waals surface area contributed by atoms with Gasteiger partial charge in [-0.1, -0.05) is 72.8 Å². The molecular weight excluding hydrogens is 296 g/mol.